The van der Waals surface area contributed by atoms with E-state index in [-0.39, 0.29) is 41.9 Å². The number of fused-ring (bicyclic) bond motifs is 1. The zero-order valence-corrected chi connectivity index (χ0v) is 19.0. The van der Waals surface area contributed by atoms with Crippen molar-refractivity contribution in [3.63, 3.8) is 0 Å². The standard InChI is InChI=1S/C22H31N3O5S/c1-24-11-10-22(9-7-21(24)27)13-18(17-5-3-4-6-19(17)30-22)23-20(26)14-25(2)16-8-12-31(28,29)15-16/h3-6,16,18H,7-15H2,1-2H3,(H,23,26)/t16-,18+,22-/m1/s1. The smallest absolute Gasteiger partial charge is 0.234 e. The number of hydrogen-bond donors (Lipinski definition) is 1. The van der Waals surface area contributed by atoms with Crippen LogP contribution in [0.4, 0.5) is 0 Å². The molecule has 3 atom stereocenters. The van der Waals surface area contributed by atoms with E-state index in [1.165, 1.54) is 0 Å². The molecule has 8 nitrogen and oxygen atoms in total. The molecule has 1 aromatic carbocycles. The third-order valence-electron chi connectivity index (χ3n) is 6.88. The van der Waals surface area contributed by atoms with Crippen molar-refractivity contribution in [2.45, 2.75) is 49.8 Å². The highest BCUT2D eigenvalue weighted by molar-refractivity contribution is 7.91. The van der Waals surface area contributed by atoms with Crippen molar-refractivity contribution in [1.29, 1.82) is 0 Å². The number of rotatable bonds is 4. The van der Waals surface area contributed by atoms with Gasteiger partial charge in [-0.3, -0.25) is 14.5 Å². The number of nitrogens with zero attached hydrogens (tertiary/aromatic N) is 2. The summed E-state index contributed by atoms with van der Waals surface area (Å²) in [6, 6.07) is 7.40. The molecule has 3 aliphatic rings. The van der Waals surface area contributed by atoms with Crippen LogP contribution in [0.15, 0.2) is 24.3 Å². The molecule has 170 valence electrons. The van der Waals surface area contributed by atoms with Gasteiger partial charge < -0.3 is 15.0 Å². The first-order chi connectivity index (χ1) is 14.7. The number of carbonyl (C=O) groups excluding carboxylic acids is 2. The fraction of sp³-hybridized carbons (Fsp3) is 0.636. The van der Waals surface area contributed by atoms with Gasteiger partial charge >= 0.3 is 0 Å². The highest BCUT2D eigenvalue weighted by atomic mass is 32.2. The van der Waals surface area contributed by atoms with Gasteiger partial charge in [0, 0.05) is 44.5 Å². The lowest BCUT2D eigenvalue weighted by molar-refractivity contribution is -0.129. The quantitative estimate of drug-likeness (QED) is 0.740. The Morgan fingerprint density at radius 1 is 1.32 bits per heavy atom. The first-order valence-electron chi connectivity index (χ1n) is 10.9. The Hall–Kier alpha value is -2.13. The van der Waals surface area contributed by atoms with Crippen LogP contribution in [0, 0.1) is 0 Å². The summed E-state index contributed by atoms with van der Waals surface area (Å²) in [7, 11) is 0.623. The second-order valence-corrected chi connectivity index (χ2v) is 11.4. The summed E-state index contributed by atoms with van der Waals surface area (Å²) in [5, 5.41) is 3.16. The molecule has 31 heavy (non-hydrogen) atoms. The molecule has 2 saturated heterocycles. The Labute approximate surface area is 183 Å². The highest BCUT2D eigenvalue weighted by Gasteiger charge is 2.43. The van der Waals surface area contributed by atoms with E-state index in [1.807, 2.05) is 36.2 Å². The molecule has 0 aliphatic carbocycles. The molecule has 0 saturated carbocycles. The summed E-state index contributed by atoms with van der Waals surface area (Å²) in [6.07, 6.45) is 2.94. The maximum atomic E-state index is 12.9. The summed E-state index contributed by atoms with van der Waals surface area (Å²) in [5.41, 5.74) is 0.453. The first kappa shape index (κ1) is 22.1. The van der Waals surface area contributed by atoms with Gasteiger partial charge in [-0.2, -0.15) is 0 Å². The molecule has 0 radical (unpaired) electrons. The summed E-state index contributed by atoms with van der Waals surface area (Å²) < 4.78 is 30.0. The number of benzene rings is 1. The summed E-state index contributed by atoms with van der Waals surface area (Å²) >= 11 is 0. The van der Waals surface area contributed by atoms with Crippen molar-refractivity contribution >= 4 is 21.7 Å². The topological polar surface area (TPSA) is 96.0 Å². The Morgan fingerprint density at radius 2 is 2.10 bits per heavy atom. The van der Waals surface area contributed by atoms with E-state index < -0.39 is 15.4 Å². The number of para-hydroxylation sites is 1. The summed E-state index contributed by atoms with van der Waals surface area (Å²) in [4.78, 5) is 28.7. The van der Waals surface area contributed by atoms with Gasteiger partial charge in [0.25, 0.3) is 0 Å². The van der Waals surface area contributed by atoms with Gasteiger partial charge in [-0.15, -0.1) is 0 Å². The Balaban J connectivity index is 1.47. The zero-order valence-electron chi connectivity index (χ0n) is 18.2. The van der Waals surface area contributed by atoms with E-state index >= 15 is 0 Å². The summed E-state index contributed by atoms with van der Waals surface area (Å²) in [5.74, 6) is 1.04. The number of amides is 2. The molecular weight excluding hydrogens is 418 g/mol. The van der Waals surface area contributed by atoms with Gasteiger partial charge in [0.2, 0.25) is 11.8 Å². The minimum Gasteiger partial charge on any atom is -0.487 e. The average molecular weight is 450 g/mol. The molecule has 0 bridgehead atoms. The van der Waals surface area contributed by atoms with Crippen LogP contribution < -0.4 is 10.1 Å². The number of hydrogen-bond acceptors (Lipinski definition) is 6. The molecule has 0 aromatic heterocycles. The van der Waals surface area contributed by atoms with E-state index in [4.69, 9.17) is 4.74 Å². The monoisotopic (exact) mass is 449 g/mol. The van der Waals surface area contributed by atoms with Crippen LogP contribution in [0.5, 0.6) is 5.75 Å². The predicted molar refractivity (Wildman–Crippen MR) is 116 cm³/mol. The second-order valence-electron chi connectivity index (χ2n) is 9.18. The predicted octanol–water partition coefficient (Wildman–Crippen LogP) is 1.13. The number of carbonyl (C=O) groups is 2. The van der Waals surface area contributed by atoms with Crippen LogP contribution in [-0.2, 0) is 19.4 Å². The van der Waals surface area contributed by atoms with Crippen LogP contribution in [0.3, 0.4) is 0 Å². The fourth-order valence-corrected chi connectivity index (χ4v) is 6.72. The van der Waals surface area contributed by atoms with E-state index in [0.717, 1.165) is 17.7 Å². The van der Waals surface area contributed by atoms with Gasteiger partial charge in [-0.05, 0) is 26.0 Å². The lowest BCUT2D eigenvalue weighted by atomic mass is 9.82. The summed E-state index contributed by atoms with van der Waals surface area (Å²) in [6.45, 7) is 0.772. The van der Waals surface area contributed by atoms with Gasteiger partial charge in [-0.25, -0.2) is 8.42 Å². The number of sulfone groups is 1. The number of likely N-dealkylation sites (N-methyl/N-ethyl adjacent to an activating group) is 1. The number of nitrogens with one attached hydrogen (secondary N) is 1. The number of likely N-dealkylation sites (tertiary alicyclic amines) is 1. The molecule has 3 aliphatic heterocycles. The van der Waals surface area contributed by atoms with Crippen LogP contribution in [0.1, 0.15) is 43.7 Å². The molecule has 3 heterocycles. The molecule has 1 aromatic rings. The third kappa shape index (κ3) is 4.87. The van der Waals surface area contributed by atoms with Crippen LogP contribution in [0.2, 0.25) is 0 Å². The molecule has 2 amide bonds. The van der Waals surface area contributed by atoms with Crippen LogP contribution >= 0.6 is 0 Å². The van der Waals surface area contributed by atoms with E-state index in [0.29, 0.717) is 32.2 Å². The van der Waals surface area contributed by atoms with Crippen molar-refractivity contribution in [2.75, 3.05) is 38.7 Å². The largest absolute Gasteiger partial charge is 0.487 e. The van der Waals surface area contributed by atoms with E-state index in [9.17, 15) is 18.0 Å². The Kier molecular flexibility index (Phi) is 6.00. The Bertz CT molecular complexity index is 966. The van der Waals surface area contributed by atoms with Gasteiger partial charge in [-0.1, -0.05) is 18.2 Å². The Morgan fingerprint density at radius 3 is 2.84 bits per heavy atom. The van der Waals surface area contributed by atoms with Crippen molar-refractivity contribution in [2.24, 2.45) is 0 Å². The zero-order chi connectivity index (χ0) is 22.2. The number of ether oxygens (including phenoxy) is 1. The van der Waals surface area contributed by atoms with Crippen molar-refractivity contribution in [3.8, 4) is 5.75 Å². The van der Waals surface area contributed by atoms with Gasteiger partial charge in [0.1, 0.15) is 11.4 Å². The maximum Gasteiger partial charge on any atom is 0.234 e. The minimum absolute atomic E-state index is 0.113. The SMILES string of the molecule is CN1CC[C@]2(CCC1=O)C[C@H](NC(=O)CN(C)[C@@H]1CCS(=O)(=O)C1)c1ccccc1O2. The van der Waals surface area contributed by atoms with E-state index in [2.05, 4.69) is 5.32 Å². The highest BCUT2D eigenvalue weighted by Crippen LogP contribution is 2.44. The third-order valence-corrected chi connectivity index (χ3v) is 8.63. The minimum atomic E-state index is -3.00. The molecule has 1 spiro atoms. The van der Waals surface area contributed by atoms with Gasteiger partial charge in [0.15, 0.2) is 9.84 Å². The lowest BCUT2D eigenvalue weighted by Gasteiger charge is -2.42. The van der Waals surface area contributed by atoms with Crippen LogP contribution in [-0.4, -0.2) is 80.4 Å². The molecule has 1 N–H and O–H groups in total. The normalized spacial score (nSPS) is 30.0. The van der Waals surface area contributed by atoms with Crippen molar-refractivity contribution < 1.29 is 22.7 Å². The molecule has 0 unspecified atom stereocenters. The fourth-order valence-electron chi connectivity index (χ4n) is 4.92. The second kappa shape index (κ2) is 8.43. The molecule has 9 heteroatoms. The molecular formula is C22H31N3O5S. The lowest BCUT2D eigenvalue weighted by Crippen LogP contribution is -2.48. The first-order valence-corrected chi connectivity index (χ1v) is 12.7. The molecule has 2 fully saturated rings. The van der Waals surface area contributed by atoms with Crippen LogP contribution in [0.25, 0.3) is 0 Å². The van der Waals surface area contributed by atoms with Crippen molar-refractivity contribution in [3.05, 3.63) is 29.8 Å². The molecule has 4 rings (SSSR count). The van der Waals surface area contributed by atoms with Gasteiger partial charge in [0.05, 0.1) is 24.1 Å². The average Bonchev–Trinajstić information content (AvgIpc) is 3.04. The van der Waals surface area contributed by atoms with Crippen molar-refractivity contribution in [1.82, 2.24) is 15.1 Å². The maximum absolute atomic E-state index is 12.9. The van der Waals surface area contributed by atoms with E-state index in [1.54, 1.807) is 11.9 Å².